The lowest BCUT2D eigenvalue weighted by Gasteiger charge is -2.31. The second-order valence-electron chi connectivity index (χ2n) is 5.54. The summed E-state index contributed by atoms with van der Waals surface area (Å²) in [6.07, 6.45) is 6.49. The van der Waals surface area contributed by atoms with Crippen molar-refractivity contribution in [3.8, 4) is 0 Å². The van der Waals surface area contributed by atoms with E-state index in [1.54, 1.807) is 0 Å². The lowest BCUT2D eigenvalue weighted by molar-refractivity contribution is -0.118. The standard InChI is InChI=1S/C15H24N4O/c1-2-15-17-8-5-13(18-15)11-19-9-6-12(7-10-19)3-4-14(16)20/h5,8,12H,2-4,6-7,9-11H2,1H3,(H2,16,20). The predicted molar refractivity (Wildman–Crippen MR) is 77.8 cm³/mol. The summed E-state index contributed by atoms with van der Waals surface area (Å²) in [7, 11) is 0. The summed E-state index contributed by atoms with van der Waals surface area (Å²) < 4.78 is 0. The van der Waals surface area contributed by atoms with E-state index in [-0.39, 0.29) is 5.91 Å². The van der Waals surface area contributed by atoms with E-state index in [9.17, 15) is 4.79 Å². The van der Waals surface area contributed by atoms with E-state index >= 15 is 0 Å². The van der Waals surface area contributed by atoms with E-state index in [2.05, 4.69) is 21.8 Å². The molecule has 1 aromatic rings. The molecule has 2 rings (SSSR count). The smallest absolute Gasteiger partial charge is 0.217 e. The highest BCUT2D eigenvalue weighted by molar-refractivity contribution is 5.73. The first-order chi connectivity index (χ1) is 9.67. The van der Waals surface area contributed by atoms with Crippen molar-refractivity contribution in [2.24, 2.45) is 11.7 Å². The molecule has 5 heteroatoms. The van der Waals surface area contributed by atoms with E-state index in [1.807, 2.05) is 12.3 Å². The van der Waals surface area contributed by atoms with Crippen LogP contribution in [0.3, 0.4) is 0 Å². The van der Waals surface area contributed by atoms with Crippen LogP contribution in [0.15, 0.2) is 12.3 Å². The van der Waals surface area contributed by atoms with Gasteiger partial charge in [0, 0.05) is 25.6 Å². The Morgan fingerprint density at radius 3 is 2.85 bits per heavy atom. The largest absolute Gasteiger partial charge is 0.370 e. The molecule has 0 bridgehead atoms. The highest BCUT2D eigenvalue weighted by atomic mass is 16.1. The number of primary amides is 1. The molecule has 0 spiro atoms. The van der Waals surface area contributed by atoms with Crippen molar-refractivity contribution >= 4 is 5.91 Å². The third-order valence-corrected chi connectivity index (χ3v) is 3.97. The zero-order valence-corrected chi connectivity index (χ0v) is 12.2. The second kappa shape index (κ2) is 7.33. The average molecular weight is 276 g/mol. The Morgan fingerprint density at radius 1 is 1.45 bits per heavy atom. The topological polar surface area (TPSA) is 72.1 Å². The summed E-state index contributed by atoms with van der Waals surface area (Å²) in [5.74, 6) is 1.38. The number of amides is 1. The van der Waals surface area contributed by atoms with Crippen LogP contribution in [-0.2, 0) is 17.8 Å². The molecule has 0 aliphatic carbocycles. The van der Waals surface area contributed by atoms with Gasteiger partial charge in [0.1, 0.15) is 5.82 Å². The Hall–Kier alpha value is -1.49. The number of carbonyl (C=O) groups is 1. The molecule has 1 aromatic heterocycles. The maximum atomic E-state index is 10.8. The normalized spacial score (nSPS) is 17.2. The molecule has 5 nitrogen and oxygen atoms in total. The summed E-state index contributed by atoms with van der Waals surface area (Å²) in [5.41, 5.74) is 6.31. The van der Waals surface area contributed by atoms with Crippen LogP contribution in [0.1, 0.15) is 44.1 Å². The van der Waals surface area contributed by atoms with Crippen molar-refractivity contribution < 1.29 is 4.79 Å². The monoisotopic (exact) mass is 276 g/mol. The quantitative estimate of drug-likeness (QED) is 0.855. The van der Waals surface area contributed by atoms with Crippen LogP contribution in [0.4, 0.5) is 0 Å². The lowest BCUT2D eigenvalue weighted by Crippen LogP contribution is -2.33. The second-order valence-corrected chi connectivity index (χ2v) is 5.54. The molecule has 0 unspecified atom stereocenters. The number of likely N-dealkylation sites (tertiary alicyclic amines) is 1. The zero-order chi connectivity index (χ0) is 14.4. The lowest BCUT2D eigenvalue weighted by atomic mass is 9.92. The fraction of sp³-hybridized carbons (Fsp3) is 0.667. The van der Waals surface area contributed by atoms with Crippen molar-refractivity contribution in [1.29, 1.82) is 0 Å². The van der Waals surface area contributed by atoms with E-state index < -0.39 is 0 Å². The number of piperidine rings is 1. The molecule has 1 amide bonds. The van der Waals surface area contributed by atoms with Gasteiger partial charge in [-0.25, -0.2) is 9.97 Å². The molecule has 0 saturated carbocycles. The van der Waals surface area contributed by atoms with Crippen molar-refractivity contribution in [2.75, 3.05) is 13.1 Å². The van der Waals surface area contributed by atoms with Gasteiger partial charge in [-0.05, 0) is 44.3 Å². The van der Waals surface area contributed by atoms with Crippen molar-refractivity contribution in [3.05, 3.63) is 23.8 Å². The first-order valence-electron chi connectivity index (χ1n) is 7.49. The maximum Gasteiger partial charge on any atom is 0.217 e. The van der Waals surface area contributed by atoms with Gasteiger partial charge in [-0.3, -0.25) is 9.69 Å². The minimum Gasteiger partial charge on any atom is -0.370 e. The van der Waals surface area contributed by atoms with Gasteiger partial charge in [-0.2, -0.15) is 0 Å². The third-order valence-electron chi connectivity index (χ3n) is 3.97. The molecular formula is C15H24N4O. The number of rotatable bonds is 6. The predicted octanol–water partition coefficient (Wildman–Crippen LogP) is 1.52. The zero-order valence-electron chi connectivity index (χ0n) is 12.2. The molecule has 2 N–H and O–H groups in total. The summed E-state index contributed by atoms with van der Waals surface area (Å²) in [6, 6.07) is 2.00. The number of hydrogen-bond acceptors (Lipinski definition) is 4. The van der Waals surface area contributed by atoms with Crippen LogP contribution in [0.5, 0.6) is 0 Å². The summed E-state index contributed by atoms with van der Waals surface area (Å²) >= 11 is 0. The van der Waals surface area contributed by atoms with E-state index in [0.29, 0.717) is 12.3 Å². The molecule has 20 heavy (non-hydrogen) atoms. The third kappa shape index (κ3) is 4.56. The van der Waals surface area contributed by atoms with Gasteiger partial charge in [0.2, 0.25) is 5.91 Å². The molecule has 0 aromatic carbocycles. The molecule has 1 aliphatic heterocycles. The Kier molecular flexibility index (Phi) is 5.47. The van der Waals surface area contributed by atoms with Gasteiger partial charge in [-0.15, -0.1) is 0 Å². The van der Waals surface area contributed by atoms with Crippen molar-refractivity contribution in [3.63, 3.8) is 0 Å². The van der Waals surface area contributed by atoms with E-state index in [4.69, 9.17) is 5.73 Å². The average Bonchev–Trinajstić information content (AvgIpc) is 2.47. The molecular weight excluding hydrogens is 252 g/mol. The minimum absolute atomic E-state index is 0.180. The molecule has 1 fully saturated rings. The van der Waals surface area contributed by atoms with Crippen LogP contribution in [-0.4, -0.2) is 33.9 Å². The van der Waals surface area contributed by atoms with Gasteiger partial charge < -0.3 is 5.73 Å². The van der Waals surface area contributed by atoms with Crippen molar-refractivity contribution in [2.45, 2.75) is 45.6 Å². The highest BCUT2D eigenvalue weighted by Crippen LogP contribution is 2.22. The van der Waals surface area contributed by atoms with Crippen LogP contribution in [0.2, 0.25) is 0 Å². The first kappa shape index (κ1) is 14.9. The van der Waals surface area contributed by atoms with Gasteiger partial charge in [0.25, 0.3) is 0 Å². The molecule has 110 valence electrons. The van der Waals surface area contributed by atoms with E-state index in [1.165, 1.54) is 0 Å². The maximum absolute atomic E-state index is 10.8. The Balaban J connectivity index is 1.77. The summed E-state index contributed by atoms with van der Waals surface area (Å²) in [6.45, 7) is 5.13. The molecule has 1 aliphatic rings. The summed E-state index contributed by atoms with van der Waals surface area (Å²) in [4.78, 5) is 22.0. The molecule has 2 heterocycles. The Bertz CT molecular complexity index is 441. The van der Waals surface area contributed by atoms with Crippen LogP contribution >= 0.6 is 0 Å². The van der Waals surface area contributed by atoms with Gasteiger partial charge in [-0.1, -0.05) is 6.92 Å². The van der Waals surface area contributed by atoms with E-state index in [0.717, 1.165) is 56.8 Å². The van der Waals surface area contributed by atoms with Crippen LogP contribution in [0, 0.1) is 5.92 Å². The molecule has 1 saturated heterocycles. The summed E-state index contributed by atoms with van der Waals surface area (Å²) in [5, 5.41) is 0. The highest BCUT2D eigenvalue weighted by Gasteiger charge is 2.19. The van der Waals surface area contributed by atoms with Crippen LogP contribution in [0.25, 0.3) is 0 Å². The van der Waals surface area contributed by atoms with Gasteiger partial charge in [0.05, 0.1) is 5.69 Å². The fourth-order valence-corrected chi connectivity index (χ4v) is 2.71. The Morgan fingerprint density at radius 2 is 2.20 bits per heavy atom. The van der Waals surface area contributed by atoms with Crippen LogP contribution < -0.4 is 5.73 Å². The number of aromatic nitrogens is 2. The Labute approximate surface area is 120 Å². The first-order valence-corrected chi connectivity index (χ1v) is 7.49. The number of carbonyl (C=O) groups excluding carboxylic acids is 1. The van der Waals surface area contributed by atoms with Crippen molar-refractivity contribution in [1.82, 2.24) is 14.9 Å². The minimum atomic E-state index is -0.180. The number of nitrogens with zero attached hydrogens (tertiary/aromatic N) is 3. The number of hydrogen-bond donors (Lipinski definition) is 1. The fourth-order valence-electron chi connectivity index (χ4n) is 2.71. The molecule has 0 radical (unpaired) electrons. The van der Waals surface area contributed by atoms with Gasteiger partial charge in [0.15, 0.2) is 0 Å². The van der Waals surface area contributed by atoms with Gasteiger partial charge >= 0.3 is 0 Å². The number of aryl methyl sites for hydroxylation is 1. The number of nitrogens with two attached hydrogens (primary N) is 1. The SMILES string of the molecule is CCc1nccc(CN2CCC(CCC(N)=O)CC2)n1. The molecule has 0 atom stereocenters.